The highest BCUT2D eigenvalue weighted by molar-refractivity contribution is 7.47. The van der Waals surface area contributed by atoms with Gasteiger partial charge in [0.15, 0.2) is 0 Å². The van der Waals surface area contributed by atoms with Crippen LogP contribution in [0.5, 0.6) is 11.6 Å². The first-order valence-corrected chi connectivity index (χ1v) is 8.48. The van der Waals surface area contributed by atoms with Crippen molar-refractivity contribution < 1.29 is 19.1 Å². The Morgan fingerprint density at radius 2 is 2.09 bits per heavy atom. The molecule has 10 heteroatoms. The number of hydrogen-bond donors (Lipinski definition) is 1. The molecule has 0 saturated carbocycles. The molecule has 122 valence electrons. The van der Waals surface area contributed by atoms with E-state index in [2.05, 4.69) is 4.98 Å². The molecular weight excluding hydrogens is 366 g/mol. The number of nitro groups is 1. The van der Waals surface area contributed by atoms with Crippen LogP contribution in [0, 0.1) is 10.1 Å². The van der Waals surface area contributed by atoms with Gasteiger partial charge in [0.1, 0.15) is 16.1 Å². The van der Waals surface area contributed by atoms with E-state index in [1.165, 1.54) is 24.4 Å². The van der Waals surface area contributed by atoms with E-state index in [1.807, 2.05) is 0 Å². The van der Waals surface area contributed by atoms with Gasteiger partial charge in [0.25, 0.3) is 5.69 Å². The number of rotatable bonds is 5. The molecule has 0 aliphatic carbocycles. The van der Waals surface area contributed by atoms with Crippen LogP contribution in [0.1, 0.15) is 12.5 Å². The van der Waals surface area contributed by atoms with Crippen molar-refractivity contribution >= 4 is 42.2 Å². The van der Waals surface area contributed by atoms with Gasteiger partial charge in [-0.25, -0.2) is 4.98 Å². The summed E-state index contributed by atoms with van der Waals surface area (Å²) in [5.41, 5.74) is 0.0623. The van der Waals surface area contributed by atoms with Crippen molar-refractivity contribution in [3.63, 3.8) is 0 Å². The quantitative estimate of drug-likeness (QED) is 0.484. The van der Waals surface area contributed by atoms with Gasteiger partial charge in [0, 0.05) is 23.9 Å². The predicted molar refractivity (Wildman–Crippen MR) is 87.7 cm³/mol. The average molecular weight is 377 g/mol. The van der Waals surface area contributed by atoms with Crippen LogP contribution in [0.4, 0.5) is 5.69 Å². The standard InChI is InChI=1S/C13H11Cl2N2O5P/c1-2-7-3-10(17(18)19)12(23(20)21)5-11(7)22-13-9(15)4-8(14)6-16-13/h3-6,23H,2H2,1H3,(H,20,21). The van der Waals surface area contributed by atoms with E-state index < -0.39 is 18.6 Å². The van der Waals surface area contributed by atoms with Gasteiger partial charge in [-0.1, -0.05) is 30.1 Å². The molecule has 0 saturated heterocycles. The Morgan fingerprint density at radius 3 is 2.61 bits per heavy atom. The summed E-state index contributed by atoms with van der Waals surface area (Å²) >= 11 is 11.7. The van der Waals surface area contributed by atoms with Crippen LogP contribution in [0.3, 0.4) is 0 Å². The minimum atomic E-state index is -3.29. The lowest BCUT2D eigenvalue weighted by Crippen LogP contribution is -2.08. The minimum Gasteiger partial charge on any atom is -0.437 e. The smallest absolute Gasteiger partial charge is 0.282 e. The van der Waals surface area contributed by atoms with Gasteiger partial charge in [-0.2, -0.15) is 0 Å². The molecule has 7 nitrogen and oxygen atoms in total. The fraction of sp³-hybridized carbons (Fsp3) is 0.154. The van der Waals surface area contributed by atoms with Crippen LogP contribution in [-0.2, 0) is 11.0 Å². The molecule has 1 unspecified atom stereocenters. The van der Waals surface area contributed by atoms with Gasteiger partial charge < -0.3 is 9.63 Å². The van der Waals surface area contributed by atoms with Crippen molar-refractivity contribution in [2.75, 3.05) is 0 Å². The second kappa shape index (κ2) is 7.27. The zero-order valence-electron chi connectivity index (χ0n) is 11.7. The maximum Gasteiger partial charge on any atom is 0.282 e. The number of hydrogen-bond acceptors (Lipinski definition) is 5. The van der Waals surface area contributed by atoms with Crippen molar-refractivity contribution in [2.24, 2.45) is 0 Å². The molecule has 2 aromatic rings. The van der Waals surface area contributed by atoms with E-state index in [4.69, 9.17) is 27.9 Å². The highest BCUT2D eigenvalue weighted by Crippen LogP contribution is 2.34. The Labute approximate surface area is 141 Å². The van der Waals surface area contributed by atoms with Gasteiger partial charge in [0.2, 0.25) is 13.9 Å². The highest BCUT2D eigenvalue weighted by Gasteiger charge is 2.22. The van der Waals surface area contributed by atoms with Gasteiger partial charge >= 0.3 is 0 Å². The largest absolute Gasteiger partial charge is 0.437 e. The molecule has 23 heavy (non-hydrogen) atoms. The molecule has 0 fully saturated rings. The summed E-state index contributed by atoms with van der Waals surface area (Å²) in [6, 6.07) is 3.82. The summed E-state index contributed by atoms with van der Waals surface area (Å²) < 4.78 is 17.0. The Morgan fingerprint density at radius 1 is 1.39 bits per heavy atom. The zero-order chi connectivity index (χ0) is 17.1. The van der Waals surface area contributed by atoms with Crippen molar-refractivity contribution in [1.82, 2.24) is 4.98 Å². The first-order chi connectivity index (χ1) is 10.8. The number of aromatic nitrogens is 1. The maximum absolute atomic E-state index is 11.4. The molecule has 1 atom stereocenters. The van der Waals surface area contributed by atoms with Gasteiger partial charge in [-0.3, -0.25) is 14.7 Å². The van der Waals surface area contributed by atoms with Gasteiger partial charge in [0.05, 0.1) is 9.95 Å². The second-order valence-electron chi connectivity index (χ2n) is 4.44. The van der Waals surface area contributed by atoms with Crippen LogP contribution < -0.4 is 10.0 Å². The zero-order valence-corrected chi connectivity index (χ0v) is 14.3. The molecule has 0 aliphatic rings. The van der Waals surface area contributed by atoms with Crippen molar-refractivity contribution in [3.8, 4) is 11.6 Å². The van der Waals surface area contributed by atoms with E-state index in [1.54, 1.807) is 6.92 Å². The summed E-state index contributed by atoms with van der Waals surface area (Å²) in [4.78, 5) is 23.6. The summed E-state index contributed by atoms with van der Waals surface area (Å²) in [5.74, 6) is 0.223. The number of pyridine rings is 1. The van der Waals surface area contributed by atoms with Crippen molar-refractivity contribution in [3.05, 3.63) is 50.1 Å². The van der Waals surface area contributed by atoms with Crippen LogP contribution in [0.2, 0.25) is 10.0 Å². The Bertz CT molecular complexity index is 800. The van der Waals surface area contributed by atoms with Gasteiger partial charge in [-0.05, 0) is 12.5 Å². The summed E-state index contributed by atoms with van der Waals surface area (Å²) in [5, 5.41) is 11.2. The van der Waals surface area contributed by atoms with E-state index in [9.17, 15) is 19.6 Å². The van der Waals surface area contributed by atoms with E-state index in [0.29, 0.717) is 17.0 Å². The first-order valence-electron chi connectivity index (χ1n) is 6.37. The summed E-state index contributed by atoms with van der Waals surface area (Å²) in [6.45, 7) is 1.77. The van der Waals surface area contributed by atoms with Crippen LogP contribution in [-0.4, -0.2) is 14.8 Å². The maximum atomic E-state index is 11.4. The number of benzene rings is 1. The molecule has 1 aromatic heterocycles. The SMILES string of the molecule is CCc1cc([N+](=O)[O-])c([PH](=O)O)cc1Oc1ncc(Cl)cc1Cl. The van der Waals surface area contributed by atoms with Crippen LogP contribution >= 0.6 is 31.2 Å². The third kappa shape index (κ3) is 4.00. The Kier molecular flexibility index (Phi) is 5.59. The molecule has 0 bridgehead atoms. The fourth-order valence-corrected chi connectivity index (χ4v) is 2.94. The monoisotopic (exact) mass is 376 g/mol. The number of halogens is 2. The third-order valence-corrected chi connectivity index (χ3v) is 4.31. The Balaban J connectivity index is 2.55. The molecule has 0 aliphatic heterocycles. The molecule has 0 spiro atoms. The topological polar surface area (TPSA) is 103 Å². The van der Waals surface area contributed by atoms with Gasteiger partial charge in [-0.15, -0.1) is 0 Å². The van der Waals surface area contributed by atoms with E-state index >= 15 is 0 Å². The molecule has 1 aromatic carbocycles. The average Bonchev–Trinajstić information content (AvgIpc) is 2.49. The number of nitro benzene ring substituents is 1. The number of ether oxygens (including phenoxy) is 1. The van der Waals surface area contributed by atoms with E-state index in [-0.39, 0.29) is 22.0 Å². The Hall–Kier alpha value is -1.66. The predicted octanol–water partition coefficient (Wildman–Crippen LogP) is 3.74. The second-order valence-corrected chi connectivity index (χ2v) is 6.43. The summed E-state index contributed by atoms with van der Waals surface area (Å²) in [7, 11) is -3.29. The molecule has 2 rings (SSSR count). The minimum absolute atomic E-state index is 0.0446. The van der Waals surface area contributed by atoms with Crippen molar-refractivity contribution in [1.29, 1.82) is 0 Å². The molecule has 1 N–H and O–H groups in total. The molecule has 0 radical (unpaired) electrons. The third-order valence-electron chi connectivity index (χ3n) is 2.97. The van der Waals surface area contributed by atoms with Crippen LogP contribution in [0.25, 0.3) is 0 Å². The van der Waals surface area contributed by atoms with Crippen molar-refractivity contribution in [2.45, 2.75) is 13.3 Å². The summed E-state index contributed by atoms with van der Waals surface area (Å²) in [6.07, 6.45) is 1.74. The highest BCUT2D eigenvalue weighted by atomic mass is 35.5. The van der Waals surface area contributed by atoms with Crippen LogP contribution in [0.15, 0.2) is 24.4 Å². The fourth-order valence-electron chi connectivity index (χ4n) is 1.89. The number of aryl methyl sites for hydroxylation is 1. The lowest BCUT2D eigenvalue weighted by Gasteiger charge is -2.12. The molecule has 1 heterocycles. The first kappa shape index (κ1) is 17.7. The normalized spacial score (nSPS) is 12.0. The molecular formula is C13H11Cl2N2O5P. The number of nitrogens with zero attached hydrogens (tertiary/aromatic N) is 2. The van der Waals surface area contributed by atoms with E-state index in [0.717, 1.165) is 0 Å². The lowest BCUT2D eigenvalue weighted by atomic mass is 10.1. The molecule has 0 amide bonds. The lowest BCUT2D eigenvalue weighted by molar-refractivity contribution is -0.383.